The van der Waals surface area contributed by atoms with E-state index < -0.39 is 12.0 Å². The van der Waals surface area contributed by atoms with Gasteiger partial charge < -0.3 is 15.2 Å². The summed E-state index contributed by atoms with van der Waals surface area (Å²) in [6, 6.07) is 6.32. The predicted molar refractivity (Wildman–Crippen MR) is 75.8 cm³/mol. The lowest BCUT2D eigenvalue weighted by Crippen LogP contribution is -2.41. The molecule has 5 heteroatoms. The van der Waals surface area contributed by atoms with Gasteiger partial charge in [0.05, 0.1) is 13.5 Å². The Morgan fingerprint density at radius 3 is 2.45 bits per heavy atom. The van der Waals surface area contributed by atoms with Gasteiger partial charge in [0.2, 0.25) is 5.91 Å². The Morgan fingerprint density at radius 2 is 1.95 bits per heavy atom. The van der Waals surface area contributed by atoms with Crippen LogP contribution in [0.25, 0.3) is 0 Å². The minimum Gasteiger partial charge on any atom is -0.497 e. The maximum absolute atomic E-state index is 11.8. The molecule has 0 aliphatic rings. The van der Waals surface area contributed by atoms with Crippen molar-refractivity contribution in [3.8, 4) is 5.75 Å². The molecule has 0 fully saturated rings. The lowest BCUT2D eigenvalue weighted by molar-refractivity contribution is -0.142. The number of hydrogen-bond acceptors (Lipinski definition) is 3. The van der Waals surface area contributed by atoms with Crippen molar-refractivity contribution in [1.29, 1.82) is 0 Å². The van der Waals surface area contributed by atoms with Crippen molar-refractivity contribution < 1.29 is 19.4 Å². The van der Waals surface area contributed by atoms with Crippen LogP contribution in [0.2, 0.25) is 0 Å². The summed E-state index contributed by atoms with van der Waals surface area (Å²) in [7, 11) is 1.58. The maximum Gasteiger partial charge on any atom is 0.326 e. The molecule has 0 aliphatic heterocycles. The first-order valence-corrected chi connectivity index (χ1v) is 6.72. The Morgan fingerprint density at radius 1 is 1.30 bits per heavy atom. The van der Waals surface area contributed by atoms with Gasteiger partial charge in [-0.15, -0.1) is 0 Å². The van der Waals surface area contributed by atoms with Gasteiger partial charge in [-0.3, -0.25) is 4.79 Å². The SMILES string of the molecule is CCCCC(NC(=O)Cc1ccc(OC)cc1)C(=O)O. The summed E-state index contributed by atoms with van der Waals surface area (Å²) >= 11 is 0. The topological polar surface area (TPSA) is 75.6 Å². The summed E-state index contributed by atoms with van der Waals surface area (Å²) in [5.74, 6) is -0.541. The molecule has 5 nitrogen and oxygen atoms in total. The van der Waals surface area contributed by atoms with Gasteiger partial charge in [-0.25, -0.2) is 4.79 Å². The molecule has 1 aromatic rings. The number of carboxylic acids is 1. The van der Waals surface area contributed by atoms with E-state index in [4.69, 9.17) is 9.84 Å². The van der Waals surface area contributed by atoms with Crippen LogP contribution in [-0.2, 0) is 16.0 Å². The molecule has 1 amide bonds. The van der Waals surface area contributed by atoms with Gasteiger partial charge in [0.1, 0.15) is 11.8 Å². The molecule has 110 valence electrons. The number of rotatable bonds is 8. The molecule has 1 rings (SSSR count). The molecule has 1 atom stereocenters. The van der Waals surface area contributed by atoms with Crippen molar-refractivity contribution in [2.75, 3.05) is 7.11 Å². The van der Waals surface area contributed by atoms with Crippen LogP contribution in [0.4, 0.5) is 0 Å². The van der Waals surface area contributed by atoms with Crippen LogP contribution in [-0.4, -0.2) is 30.1 Å². The summed E-state index contributed by atoms with van der Waals surface area (Å²) in [5, 5.41) is 11.6. The number of aliphatic carboxylic acids is 1. The number of methoxy groups -OCH3 is 1. The average Bonchev–Trinajstić information content (AvgIpc) is 2.44. The molecule has 0 aromatic heterocycles. The molecule has 1 aromatic carbocycles. The van der Waals surface area contributed by atoms with Crippen molar-refractivity contribution in [3.63, 3.8) is 0 Å². The number of nitrogens with one attached hydrogen (secondary N) is 1. The zero-order chi connectivity index (χ0) is 15.0. The normalized spacial score (nSPS) is 11.7. The Balaban J connectivity index is 2.53. The molecule has 0 saturated heterocycles. The number of carboxylic acid groups (broad SMARTS) is 1. The van der Waals surface area contributed by atoms with Gasteiger partial charge in [0, 0.05) is 0 Å². The van der Waals surface area contributed by atoms with Gasteiger partial charge in [0.25, 0.3) is 0 Å². The van der Waals surface area contributed by atoms with Gasteiger partial charge in [-0.1, -0.05) is 31.9 Å². The van der Waals surface area contributed by atoms with E-state index in [0.29, 0.717) is 6.42 Å². The van der Waals surface area contributed by atoms with Gasteiger partial charge >= 0.3 is 5.97 Å². The molecule has 0 radical (unpaired) electrons. The molecule has 0 bridgehead atoms. The fourth-order valence-corrected chi connectivity index (χ4v) is 1.84. The van der Waals surface area contributed by atoms with E-state index >= 15 is 0 Å². The number of hydrogen-bond donors (Lipinski definition) is 2. The Bertz CT molecular complexity index is 442. The lowest BCUT2D eigenvalue weighted by Gasteiger charge is -2.14. The average molecular weight is 279 g/mol. The van der Waals surface area contributed by atoms with Crippen LogP contribution in [0, 0.1) is 0 Å². The number of ether oxygens (including phenoxy) is 1. The molecule has 0 saturated carbocycles. The minimum atomic E-state index is -0.985. The van der Waals surface area contributed by atoms with Crippen LogP contribution in [0.15, 0.2) is 24.3 Å². The van der Waals surface area contributed by atoms with Gasteiger partial charge in [-0.2, -0.15) is 0 Å². The largest absolute Gasteiger partial charge is 0.497 e. The summed E-state index contributed by atoms with van der Waals surface area (Å²) in [4.78, 5) is 22.9. The van der Waals surface area contributed by atoms with Crippen molar-refractivity contribution in [2.45, 2.75) is 38.6 Å². The van der Waals surface area contributed by atoms with E-state index in [2.05, 4.69) is 5.32 Å². The maximum atomic E-state index is 11.8. The van der Waals surface area contributed by atoms with E-state index in [1.807, 2.05) is 6.92 Å². The van der Waals surface area contributed by atoms with Crippen molar-refractivity contribution in [1.82, 2.24) is 5.32 Å². The molecule has 0 aliphatic carbocycles. The molecule has 0 spiro atoms. The first-order chi connectivity index (χ1) is 9.56. The first-order valence-electron chi connectivity index (χ1n) is 6.72. The van der Waals surface area contributed by atoms with Crippen LogP contribution >= 0.6 is 0 Å². The summed E-state index contributed by atoms with van der Waals surface area (Å²) in [6.07, 6.45) is 2.30. The Hall–Kier alpha value is -2.04. The third-order valence-corrected chi connectivity index (χ3v) is 3.00. The van der Waals surface area contributed by atoms with Gasteiger partial charge in [-0.05, 0) is 24.1 Å². The van der Waals surface area contributed by atoms with Crippen LogP contribution in [0.3, 0.4) is 0 Å². The van der Waals surface area contributed by atoms with Crippen molar-refractivity contribution >= 4 is 11.9 Å². The third kappa shape index (κ3) is 5.30. The van der Waals surface area contributed by atoms with Crippen LogP contribution in [0.5, 0.6) is 5.75 Å². The molecule has 2 N–H and O–H groups in total. The standard InChI is InChI=1S/C15H21NO4/c1-3-4-5-13(15(18)19)16-14(17)10-11-6-8-12(20-2)9-7-11/h6-9,13H,3-5,10H2,1-2H3,(H,16,17)(H,18,19). The zero-order valence-corrected chi connectivity index (χ0v) is 11.9. The highest BCUT2D eigenvalue weighted by Gasteiger charge is 2.19. The fraction of sp³-hybridized carbons (Fsp3) is 0.467. The quantitative estimate of drug-likeness (QED) is 0.763. The zero-order valence-electron chi connectivity index (χ0n) is 11.9. The highest BCUT2D eigenvalue weighted by atomic mass is 16.5. The summed E-state index contributed by atoms with van der Waals surface area (Å²) in [6.45, 7) is 1.98. The molecule has 0 heterocycles. The van der Waals surface area contributed by atoms with Gasteiger partial charge in [0.15, 0.2) is 0 Å². The molecule has 20 heavy (non-hydrogen) atoms. The second kappa shape index (κ2) is 8.19. The minimum absolute atomic E-state index is 0.167. The molecular weight excluding hydrogens is 258 g/mol. The number of carbonyl (C=O) groups is 2. The highest BCUT2D eigenvalue weighted by Crippen LogP contribution is 2.11. The van der Waals surface area contributed by atoms with Crippen LogP contribution in [0.1, 0.15) is 31.7 Å². The van der Waals surface area contributed by atoms with Crippen molar-refractivity contribution in [2.24, 2.45) is 0 Å². The third-order valence-electron chi connectivity index (χ3n) is 3.00. The van der Waals surface area contributed by atoms with E-state index in [9.17, 15) is 9.59 Å². The number of unbranched alkanes of at least 4 members (excludes halogenated alkanes) is 1. The molecular formula is C15H21NO4. The lowest BCUT2D eigenvalue weighted by atomic mass is 10.1. The smallest absolute Gasteiger partial charge is 0.326 e. The fourth-order valence-electron chi connectivity index (χ4n) is 1.84. The van der Waals surface area contributed by atoms with Crippen molar-refractivity contribution in [3.05, 3.63) is 29.8 Å². The summed E-state index contributed by atoms with van der Waals surface area (Å²) in [5.41, 5.74) is 0.822. The number of carbonyl (C=O) groups excluding carboxylic acids is 1. The Kier molecular flexibility index (Phi) is 6.56. The Labute approximate surface area is 118 Å². The second-order valence-electron chi connectivity index (χ2n) is 4.63. The summed E-state index contributed by atoms with van der Waals surface area (Å²) < 4.78 is 5.04. The van der Waals surface area contributed by atoms with Crippen LogP contribution < -0.4 is 10.1 Å². The monoisotopic (exact) mass is 279 g/mol. The van der Waals surface area contributed by atoms with E-state index in [-0.39, 0.29) is 12.3 Å². The van der Waals surface area contributed by atoms with E-state index in [0.717, 1.165) is 24.2 Å². The highest BCUT2D eigenvalue weighted by molar-refractivity contribution is 5.84. The number of benzene rings is 1. The predicted octanol–water partition coefficient (Wildman–Crippen LogP) is 2.00. The second-order valence-corrected chi connectivity index (χ2v) is 4.63. The first kappa shape index (κ1) is 16.0. The van der Waals surface area contributed by atoms with E-state index in [1.165, 1.54) is 0 Å². The number of amides is 1. The molecule has 1 unspecified atom stereocenters. The van der Waals surface area contributed by atoms with E-state index in [1.54, 1.807) is 31.4 Å².